The zero-order valence-electron chi connectivity index (χ0n) is 12.5. The van der Waals surface area contributed by atoms with Crippen LogP contribution in [0.4, 0.5) is 0 Å². The molecule has 110 valence electrons. The highest BCUT2D eigenvalue weighted by Crippen LogP contribution is 2.13. The Morgan fingerprint density at radius 2 is 1.95 bits per heavy atom. The van der Waals surface area contributed by atoms with Crippen LogP contribution in [0.2, 0.25) is 0 Å². The zero-order chi connectivity index (χ0) is 15.0. The second-order valence-electron chi connectivity index (χ2n) is 5.02. The number of nitrogens with zero attached hydrogens (tertiary/aromatic N) is 1. The summed E-state index contributed by atoms with van der Waals surface area (Å²) in [4.78, 5) is 0. The van der Waals surface area contributed by atoms with E-state index in [-0.39, 0.29) is 6.04 Å². The van der Waals surface area contributed by atoms with Crippen LogP contribution in [-0.2, 0) is 4.74 Å². The molecule has 0 saturated heterocycles. The smallest absolute Gasteiger partial charge is 0.187 e. The van der Waals surface area contributed by atoms with E-state index < -0.39 is 0 Å². The minimum atomic E-state index is 0.153. The first-order valence-corrected chi connectivity index (χ1v) is 7.12. The van der Waals surface area contributed by atoms with Crippen LogP contribution < -0.4 is 10.7 Å². The quantitative estimate of drug-likeness (QED) is 0.481. The molecule has 0 unspecified atom stereocenters. The van der Waals surface area contributed by atoms with Crippen LogP contribution in [0, 0.1) is 0 Å². The monoisotopic (exact) mass is 293 g/mol. The number of nitrogens with one attached hydrogen (secondary N) is 2. The Kier molecular flexibility index (Phi) is 7.18. The van der Waals surface area contributed by atoms with E-state index in [9.17, 15) is 0 Å². The van der Waals surface area contributed by atoms with Gasteiger partial charge in [-0.05, 0) is 36.2 Å². The number of ether oxygens (including phenoxy) is 1. The molecule has 0 aliphatic rings. The summed E-state index contributed by atoms with van der Waals surface area (Å²) in [5.74, 6) is 0.540. The van der Waals surface area contributed by atoms with Crippen molar-refractivity contribution in [2.45, 2.75) is 32.7 Å². The summed E-state index contributed by atoms with van der Waals surface area (Å²) in [7, 11) is 1.66. The van der Waals surface area contributed by atoms with E-state index in [4.69, 9.17) is 17.0 Å². The lowest BCUT2D eigenvalue weighted by Crippen LogP contribution is -2.40. The first-order chi connectivity index (χ1) is 9.52. The fraction of sp³-hybridized carbons (Fsp3) is 0.467. The molecule has 0 aliphatic carbocycles. The third-order valence-electron chi connectivity index (χ3n) is 2.78. The van der Waals surface area contributed by atoms with Gasteiger partial charge < -0.3 is 10.1 Å². The maximum absolute atomic E-state index is 5.12. The van der Waals surface area contributed by atoms with Gasteiger partial charge in [-0.3, -0.25) is 5.43 Å². The van der Waals surface area contributed by atoms with Crippen LogP contribution >= 0.6 is 12.2 Å². The van der Waals surface area contributed by atoms with Gasteiger partial charge in [-0.15, -0.1) is 0 Å². The van der Waals surface area contributed by atoms with Gasteiger partial charge in [0.05, 0.1) is 12.8 Å². The molecule has 0 radical (unpaired) electrons. The summed E-state index contributed by atoms with van der Waals surface area (Å²) in [5.41, 5.74) is 5.15. The number of thiocarbonyl (C=S) groups is 1. The third-order valence-corrected chi connectivity index (χ3v) is 2.99. The lowest BCUT2D eigenvalue weighted by atomic mass is 10.0. The molecule has 1 aromatic carbocycles. The standard InChI is InChI=1S/C15H23N3OS/c1-11(2)14-7-5-13(6-8-14)9-16-18-15(20)17-12(3)10-19-4/h5-9,11-12H,10H2,1-4H3,(H2,17,18,20)/b16-9-/t12-/m0/s1. The number of hydrogen-bond donors (Lipinski definition) is 2. The average Bonchev–Trinajstić information content (AvgIpc) is 2.39. The Morgan fingerprint density at radius 1 is 1.30 bits per heavy atom. The molecule has 0 fully saturated rings. The van der Waals surface area contributed by atoms with Gasteiger partial charge in [-0.1, -0.05) is 38.1 Å². The van der Waals surface area contributed by atoms with Crippen molar-refractivity contribution in [2.75, 3.05) is 13.7 Å². The Hall–Kier alpha value is -1.46. The van der Waals surface area contributed by atoms with Crippen LogP contribution in [0.5, 0.6) is 0 Å². The van der Waals surface area contributed by atoms with Crippen molar-refractivity contribution >= 4 is 23.5 Å². The molecule has 0 aromatic heterocycles. The molecule has 0 heterocycles. The summed E-state index contributed by atoms with van der Waals surface area (Å²) in [5, 5.41) is 7.67. The molecule has 0 saturated carbocycles. The number of hydrazone groups is 1. The summed E-state index contributed by atoms with van der Waals surface area (Å²) in [6, 6.07) is 8.47. The predicted octanol–water partition coefficient (Wildman–Crippen LogP) is 2.64. The number of rotatable bonds is 6. The SMILES string of the molecule is COC[C@H](C)NC(=S)N/N=C\c1ccc(C(C)C)cc1. The molecule has 1 aromatic rings. The molecule has 1 atom stereocenters. The van der Waals surface area contributed by atoms with Crippen molar-refractivity contribution < 1.29 is 4.74 Å². The van der Waals surface area contributed by atoms with Gasteiger partial charge in [0.25, 0.3) is 0 Å². The van der Waals surface area contributed by atoms with Crippen molar-refractivity contribution in [3.05, 3.63) is 35.4 Å². The van der Waals surface area contributed by atoms with Gasteiger partial charge in [0.15, 0.2) is 5.11 Å². The summed E-state index contributed by atoms with van der Waals surface area (Å²) < 4.78 is 5.02. The Morgan fingerprint density at radius 3 is 2.50 bits per heavy atom. The maximum Gasteiger partial charge on any atom is 0.187 e. The van der Waals surface area contributed by atoms with Crippen LogP contribution in [0.25, 0.3) is 0 Å². The van der Waals surface area contributed by atoms with Gasteiger partial charge in [0.1, 0.15) is 0 Å². The van der Waals surface area contributed by atoms with Crippen molar-refractivity contribution in [1.29, 1.82) is 0 Å². The average molecular weight is 293 g/mol. The van der Waals surface area contributed by atoms with Gasteiger partial charge in [-0.2, -0.15) is 5.10 Å². The Bertz CT molecular complexity index is 443. The molecule has 0 spiro atoms. The van der Waals surface area contributed by atoms with E-state index in [0.29, 0.717) is 17.6 Å². The van der Waals surface area contributed by atoms with E-state index in [2.05, 4.69) is 41.8 Å². The third kappa shape index (κ3) is 6.12. The predicted molar refractivity (Wildman–Crippen MR) is 88.3 cm³/mol. The first-order valence-electron chi connectivity index (χ1n) is 6.71. The highest BCUT2D eigenvalue weighted by molar-refractivity contribution is 7.80. The van der Waals surface area contributed by atoms with Gasteiger partial charge in [0, 0.05) is 13.2 Å². The number of benzene rings is 1. The summed E-state index contributed by atoms with van der Waals surface area (Å²) in [6.07, 6.45) is 1.75. The van der Waals surface area contributed by atoms with Gasteiger partial charge >= 0.3 is 0 Å². The molecule has 0 aliphatic heterocycles. The van der Waals surface area contributed by atoms with E-state index in [0.717, 1.165) is 5.56 Å². The molecule has 4 nitrogen and oxygen atoms in total. The van der Waals surface area contributed by atoms with Gasteiger partial charge in [-0.25, -0.2) is 0 Å². The van der Waals surface area contributed by atoms with Crippen LogP contribution in [-0.4, -0.2) is 31.1 Å². The highest BCUT2D eigenvalue weighted by atomic mass is 32.1. The van der Waals surface area contributed by atoms with E-state index in [1.165, 1.54) is 5.56 Å². The maximum atomic E-state index is 5.12. The van der Waals surface area contributed by atoms with E-state index >= 15 is 0 Å². The second kappa shape index (κ2) is 8.66. The van der Waals surface area contributed by atoms with Crippen molar-refractivity contribution in [3.63, 3.8) is 0 Å². The van der Waals surface area contributed by atoms with E-state index in [1.54, 1.807) is 13.3 Å². The second-order valence-corrected chi connectivity index (χ2v) is 5.43. The molecular formula is C15H23N3OS. The molecule has 0 amide bonds. The molecule has 0 bridgehead atoms. The fourth-order valence-electron chi connectivity index (χ4n) is 1.68. The topological polar surface area (TPSA) is 45.6 Å². The molecule has 5 heteroatoms. The van der Waals surface area contributed by atoms with E-state index in [1.807, 2.05) is 19.1 Å². The largest absolute Gasteiger partial charge is 0.383 e. The fourth-order valence-corrected chi connectivity index (χ4v) is 1.93. The van der Waals surface area contributed by atoms with Crippen LogP contribution in [0.1, 0.15) is 37.8 Å². The minimum Gasteiger partial charge on any atom is -0.383 e. The Labute approximate surface area is 126 Å². The normalized spacial score (nSPS) is 12.7. The lowest BCUT2D eigenvalue weighted by molar-refractivity contribution is 0.179. The van der Waals surface area contributed by atoms with Crippen LogP contribution in [0.15, 0.2) is 29.4 Å². The molecular weight excluding hydrogens is 270 g/mol. The van der Waals surface area contributed by atoms with Crippen LogP contribution in [0.3, 0.4) is 0 Å². The Balaban J connectivity index is 2.42. The summed E-state index contributed by atoms with van der Waals surface area (Å²) >= 11 is 5.12. The zero-order valence-corrected chi connectivity index (χ0v) is 13.3. The number of methoxy groups -OCH3 is 1. The lowest BCUT2D eigenvalue weighted by Gasteiger charge is -2.13. The van der Waals surface area contributed by atoms with Crippen molar-refractivity contribution in [3.8, 4) is 0 Å². The molecule has 20 heavy (non-hydrogen) atoms. The molecule has 1 rings (SSSR count). The van der Waals surface area contributed by atoms with Crippen molar-refractivity contribution in [1.82, 2.24) is 10.7 Å². The van der Waals surface area contributed by atoms with Gasteiger partial charge in [0.2, 0.25) is 0 Å². The molecule has 2 N–H and O–H groups in total. The highest BCUT2D eigenvalue weighted by Gasteiger charge is 2.01. The van der Waals surface area contributed by atoms with Crippen molar-refractivity contribution in [2.24, 2.45) is 5.10 Å². The first kappa shape index (κ1) is 16.6. The number of hydrogen-bond acceptors (Lipinski definition) is 3. The summed E-state index contributed by atoms with van der Waals surface area (Å²) in [6.45, 7) is 6.94. The minimum absolute atomic E-state index is 0.153.